The lowest BCUT2D eigenvalue weighted by Crippen LogP contribution is -2.36. The number of sulfone groups is 1. The summed E-state index contributed by atoms with van der Waals surface area (Å²) in [5.74, 6) is 0. The Bertz CT molecular complexity index is 440. The van der Waals surface area contributed by atoms with Crippen LogP contribution in [0.4, 0.5) is 0 Å². The molecule has 2 atom stereocenters. The van der Waals surface area contributed by atoms with E-state index in [2.05, 4.69) is 15.6 Å². The number of rotatable bonds is 5. The molecule has 0 aliphatic rings. The third-order valence-electron chi connectivity index (χ3n) is 2.64. The minimum Gasteiger partial charge on any atom is -0.308 e. The molecule has 1 rings (SSSR count). The van der Waals surface area contributed by atoms with Crippen molar-refractivity contribution in [1.82, 2.24) is 20.3 Å². The van der Waals surface area contributed by atoms with Gasteiger partial charge in [0.1, 0.15) is 0 Å². The third kappa shape index (κ3) is 2.79. The monoisotopic (exact) mass is 246 g/mol. The largest absolute Gasteiger partial charge is 0.308 e. The van der Waals surface area contributed by atoms with Gasteiger partial charge in [0.2, 0.25) is 0 Å². The van der Waals surface area contributed by atoms with Crippen molar-refractivity contribution in [3.05, 3.63) is 11.9 Å². The Balaban J connectivity index is 3.05. The normalized spacial score (nSPS) is 16.0. The van der Waals surface area contributed by atoms with Crippen LogP contribution in [-0.2, 0) is 16.9 Å². The summed E-state index contributed by atoms with van der Waals surface area (Å²) in [6.07, 6.45) is 2.83. The number of hydrogen-bond acceptors (Lipinski definition) is 5. The topological polar surface area (TPSA) is 76.9 Å². The number of aryl methyl sites for hydroxylation is 1. The minimum atomic E-state index is -3.10. The van der Waals surface area contributed by atoms with E-state index in [9.17, 15) is 8.42 Å². The summed E-state index contributed by atoms with van der Waals surface area (Å²) in [4.78, 5) is 0. The number of nitrogens with zero attached hydrogens (tertiary/aromatic N) is 3. The van der Waals surface area contributed by atoms with Gasteiger partial charge in [0.05, 0.1) is 23.2 Å². The predicted octanol–water partition coefficient (Wildman–Crippen LogP) is -0.101. The maximum atomic E-state index is 11.6. The van der Waals surface area contributed by atoms with Gasteiger partial charge >= 0.3 is 0 Å². The maximum Gasteiger partial charge on any atom is 0.151 e. The molecule has 0 radical (unpaired) electrons. The molecule has 0 saturated carbocycles. The van der Waals surface area contributed by atoms with Crippen LogP contribution in [-0.4, -0.2) is 41.5 Å². The van der Waals surface area contributed by atoms with Crippen molar-refractivity contribution < 1.29 is 8.42 Å². The number of nitrogens with one attached hydrogen (secondary N) is 1. The zero-order valence-electron chi connectivity index (χ0n) is 10.0. The fourth-order valence-corrected chi connectivity index (χ4v) is 2.29. The molecule has 1 aromatic rings. The molecule has 16 heavy (non-hydrogen) atoms. The Hall–Kier alpha value is -0.950. The average Bonchev–Trinajstić information content (AvgIpc) is 2.58. The molecule has 7 heteroatoms. The molecule has 6 nitrogen and oxygen atoms in total. The SMILES string of the molecule is CCNC(c1cnnn1C)C(C)S(C)(=O)=O. The second-order valence-corrected chi connectivity index (χ2v) is 6.26. The van der Waals surface area contributed by atoms with E-state index in [1.165, 1.54) is 6.26 Å². The van der Waals surface area contributed by atoms with E-state index in [4.69, 9.17) is 0 Å². The standard InChI is InChI=1S/C9H18N4O2S/c1-5-10-9(7(2)16(4,14)15)8-6-11-12-13(8)3/h6-7,9-10H,5H2,1-4H3. The number of hydrogen-bond donors (Lipinski definition) is 1. The molecule has 92 valence electrons. The van der Waals surface area contributed by atoms with E-state index in [-0.39, 0.29) is 6.04 Å². The quantitative estimate of drug-likeness (QED) is 0.785. The fourth-order valence-electron chi connectivity index (χ4n) is 1.56. The van der Waals surface area contributed by atoms with Crippen LogP contribution in [0.2, 0.25) is 0 Å². The van der Waals surface area contributed by atoms with Gasteiger partial charge in [0.15, 0.2) is 9.84 Å². The fraction of sp³-hybridized carbons (Fsp3) is 0.778. The molecule has 0 amide bonds. The van der Waals surface area contributed by atoms with Crippen LogP contribution in [0.25, 0.3) is 0 Å². The summed E-state index contributed by atoms with van der Waals surface area (Å²) in [6.45, 7) is 4.32. The summed E-state index contributed by atoms with van der Waals surface area (Å²) in [5.41, 5.74) is 0.778. The van der Waals surface area contributed by atoms with Gasteiger partial charge < -0.3 is 5.32 Å². The van der Waals surface area contributed by atoms with Crippen LogP contribution < -0.4 is 5.32 Å². The van der Waals surface area contributed by atoms with Crippen LogP contribution in [0.15, 0.2) is 6.20 Å². The van der Waals surface area contributed by atoms with E-state index < -0.39 is 15.1 Å². The molecule has 1 heterocycles. The lowest BCUT2D eigenvalue weighted by Gasteiger charge is -2.22. The van der Waals surface area contributed by atoms with Gasteiger partial charge in [-0.3, -0.25) is 4.68 Å². The van der Waals surface area contributed by atoms with E-state index in [1.807, 2.05) is 6.92 Å². The van der Waals surface area contributed by atoms with Gasteiger partial charge in [-0.1, -0.05) is 12.1 Å². The first-order valence-electron chi connectivity index (χ1n) is 5.14. The minimum absolute atomic E-state index is 0.278. The smallest absolute Gasteiger partial charge is 0.151 e. The Morgan fingerprint density at radius 3 is 2.56 bits per heavy atom. The highest BCUT2D eigenvalue weighted by Gasteiger charge is 2.28. The van der Waals surface area contributed by atoms with Crippen LogP contribution in [0.5, 0.6) is 0 Å². The van der Waals surface area contributed by atoms with Gasteiger partial charge in [-0.25, -0.2) is 8.42 Å². The Labute approximate surface area is 96.0 Å². The van der Waals surface area contributed by atoms with Gasteiger partial charge in [-0.15, -0.1) is 5.10 Å². The predicted molar refractivity (Wildman–Crippen MR) is 61.7 cm³/mol. The molecule has 0 aliphatic carbocycles. The van der Waals surface area contributed by atoms with Crippen LogP contribution >= 0.6 is 0 Å². The second kappa shape index (κ2) is 4.92. The first kappa shape index (κ1) is 13.1. The van der Waals surface area contributed by atoms with E-state index in [1.54, 1.807) is 24.9 Å². The van der Waals surface area contributed by atoms with E-state index >= 15 is 0 Å². The van der Waals surface area contributed by atoms with Crippen molar-refractivity contribution in [2.24, 2.45) is 7.05 Å². The second-order valence-electron chi connectivity index (χ2n) is 3.85. The van der Waals surface area contributed by atoms with Crippen molar-refractivity contribution in [1.29, 1.82) is 0 Å². The number of aromatic nitrogens is 3. The lowest BCUT2D eigenvalue weighted by molar-refractivity contribution is 0.483. The van der Waals surface area contributed by atoms with Crippen LogP contribution in [0, 0.1) is 0 Å². The van der Waals surface area contributed by atoms with E-state index in [0.717, 1.165) is 5.69 Å². The highest BCUT2D eigenvalue weighted by molar-refractivity contribution is 7.91. The molecule has 2 unspecified atom stereocenters. The summed E-state index contributed by atoms with van der Waals surface area (Å²) in [7, 11) is -1.35. The maximum absolute atomic E-state index is 11.6. The summed E-state index contributed by atoms with van der Waals surface area (Å²) >= 11 is 0. The summed E-state index contributed by atoms with van der Waals surface area (Å²) in [5, 5.41) is 10.2. The highest BCUT2D eigenvalue weighted by atomic mass is 32.2. The Morgan fingerprint density at radius 2 is 2.19 bits per heavy atom. The lowest BCUT2D eigenvalue weighted by atomic mass is 10.1. The zero-order chi connectivity index (χ0) is 12.3. The molecule has 0 fully saturated rings. The molecule has 0 bridgehead atoms. The summed E-state index contributed by atoms with van der Waals surface area (Å²) < 4.78 is 24.7. The molecule has 0 aliphatic heterocycles. The summed E-state index contributed by atoms with van der Waals surface area (Å²) in [6, 6.07) is -0.278. The molecule has 1 N–H and O–H groups in total. The van der Waals surface area contributed by atoms with Crippen molar-refractivity contribution in [3.8, 4) is 0 Å². The third-order valence-corrected chi connectivity index (χ3v) is 4.26. The first-order chi connectivity index (χ1) is 7.38. The Morgan fingerprint density at radius 1 is 1.56 bits per heavy atom. The molecular weight excluding hydrogens is 228 g/mol. The van der Waals surface area contributed by atoms with Crippen molar-refractivity contribution >= 4 is 9.84 Å². The molecular formula is C9H18N4O2S. The van der Waals surface area contributed by atoms with Gasteiger partial charge in [-0.2, -0.15) is 0 Å². The van der Waals surface area contributed by atoms with E-state index in [0.29, 0.717) is 6.54 Å². The van der Waals surface area contributed by atoms with Crippen molar-refractivity contribution in [3.63, 3.8) is 0 Å². The molecule has 0 aromatic carbocycles. The highest BCUT2D eigenvalue weighted by Crippen LogP contribution is 2.20. The Kier molecular flexibility index (Phi) is 4.03. The van der Waals surface area contributed by atoms with Gasteiger partial charge in [0, 0.05) is 13.3 Å². The first-order valence-corrected chi connectivity index (χ1v) is 7.10. The van der Waals surface area contributed by atoms with Gasteiger partial charge in [0.25, 0.3) is 0 Å². The molecule has 1 aromatic heterocycles. The average molecular weight is 246 g/mol. The van der Waals surface area contributed by atoms with Crippen molar-refractivity contribution in [2.45, 2.75) is 25.1 Å². The van der Waals surface area contributed by atoms with Gasteiger partial charge in [-0.05, 0) is 13.5 Å². The van der Waals surface area contributed by atoms with Crippen LogP contribution in [0.1, 0.15) is 25.6 Å². The zero-order valence-corrected chi connectivity index (χ0v) is 10.8. The molecule has 0 saturated heterocycles. The molecule has 0 spiro atoms. The van der Waals surface area contributed by atoms with Crippen molar-refractivity contribution in [2.75, 3.05) is 12.8 Å². The van der Waals surface area contributed by atoms with Crippen LogP contribution in [0.3, 0.4) is 0 Å².